The van der Waals surface area contributed by atoms with E-state index in [4.69, 9.17) is 10.00 Å². The van der Waals surface area contributed by atoms with Crippen LogP contribution in [0.5, 0.6) is 5.88 Å². The highest BCUT2D eigenvalue weighted by molar-refractivity contribution is 5.75. The van der Waals surface area contributed by atoms with Gasteiger partial charge in [0, 0.05) is 44.8 Å². The van der Waals surface area contributed by atoms with E-state index in [1.165, 1.54) is 10.2 Å². The Hall–Kier alpha value is -3.97. The van der Waals surface area contributed by atoms with Gasteiger partial charge in [-0.25, -0.2) is 24.1 Å². The van der Waals surface area contributed by atoms with Crippen molar-refractivity contribution >= 4 is 22.4 Å². The Morgan fingerprint density at radius 3 is 2.80 bits per heavy atom. The van der Waals surface area contributed by atoms with Crippen molar-refractivity contribution in [2.45, 2.75) is 32.4 Å². The molecule has 10 heteroatoms. The first-order valence-corrected chi connectivity index (χ1v) is 11.7. The standard InChI is InChI=1S/C25H28N8O2/c1-16-14-31(17(2)18-5-6-20-21(11-18)29-23(35-4)13-27-20)9-10-32(16)22-12-24(34)30(3)33-15-19(7-8-26)28-25(22)33/h5-6,11-13,15-17H,7,9-10,14H2,1-4H3. The zero-order valence-corrected chi connectivity index (χ0v) is 20.3. The Morgan fingerprint density at radius 1 is 1.23 bits per heavy atom. The molecule has 1 aromatic carbocycles. The van der Waals surface area contributed by atoms with Crippen molar-refractivity contribution in [3.63, 3.8) is 0 Å². The van der Waals surface area contributed by atoms with E-state index in [0.717, 1.165) is 36.4 Å². The maximum Gasteiger partial charge on any atom is 0.267 e. The van der Waals surface area contributed by atoms with E-state index in [1.807, 2.05) is 6.07 Å². The van der Waals surface area contributed by atoms with Crippen LogP contribution in [0.25, 0.3) is 16.7 Å². The Bertz CT molecular complexity index is 1500. The van der Waals surface area contributed by atoms with Gasteiger partial charge in [-0.3, -0.25) is 9.69 Å². The predicted molar refractivity (Wildman–Crippen MR) is 133 cm³/mol. The average Bonchev–Trinajstić information content (AvgIpc) is 3.29. The number of piperazine rings is 1. The van der Waals surface area contributed by atoms with Crippen LogP contribution >= 0.6 is 0 Å². The summed E-state index contributed by atoms with van der Waals surface area (Å²) >= 11 is 0. The Balaban J connectivity index is 1.40. The summed E-state index contributed by atoms with van der Waals surface area (Å²) in [6.45, 7) is 6.80. The minimum absolute atomic E-state index is 0.107. The van der Waals surface area contributed by atoms with E-state index >= 15 is 0 Å². The second-order valence-electron chi connectivity index (χ2n) is 9.00. The maximum absolute atomic E-state index is 12.7. The molecule has 2 atom stereocenters. The van der Waals surface area contributed by atoms with Gasteiger partial charge in [-0.1, -0.05) is 6.07 Å². The summed E-state index contributed by atoms with van der Waals surface area (Å²) in [5.41, 5.74) is 4.89. The van der Waals surface area contributed by atoms with E-state index in [0.29, 0.717) is 17.2 Å². The third-order valence-electron chi connectivity index (χ3n) is 6.88. The molecule has 0 saturated carbocycles. The number of ether oxygens (including phenoxy) is 1. The largest absolute Gasteiger partial charge is 0.480 e. The highest BCUT2D eigenvalue weighted by atomic mass is 16.5. The van der Waals surface area contributed by atoms with Crippen molar-refractivity contribution < 1.29 is 4.74 Å². The number of nitriles is 1. The highest BCUT2D eigenvalue weighted by Gasteiger charge is 2.29. The number of aryl methyl sites for hydroxylation is 1. The number of hydrogen-bond acceptors (Lipinski definition) is 8. The number of hydrogen-bond donors (Lipinski definition) is 0. The molecule has 0 radical (unpaired) electrons. The second-order valence-corrected chi connectivity index (χ2v) is 9.00. The van der Waals surface area contributed by atoms with Gasteiger partial charge in [0.25, 0.3) is 5.56 Å². The van der Waals surface area contributed by atoms with Crippen molar-refractivity contribution in [3.8, 4) is 11.9 Å². The van der Waals surface area contributed by atoms with Gasteiger partial charge in [0.1, 0.15) is 0 Å². The number of aromatic nitrogens is 5. The first kappa shape index (κ1) is 22.8. The first-order valence-electron chi connectivity index (χ1n) is 11.7. The Labute approximate surface area is 203 Å². The zero-order valence-electron chi connectivity index (χ0n) is 20.3. The molecule has 4 heterocycles. The third-order valence-corrected chi connectivity index (χ3v) is 6.88. The summed E-state index contributed by atoms with van der Waals surface area (Å²) in [7, 11) is 3.30. The molecule has 1 saturated heterocycles. The molecular weight excluding hydrogens is 444 g/mol. The van der Waals surface area contributed by atoms with Crippen LogP contribution in [0.15, 0.2) is 41.5 Å². The number of fused-ring (bicyclic) bond motifs is 2. The minimum Gasteiger partial charge on any atom is -0.480 e. The van der Waals surface area contributed by atoms with Crippen LogP contribution in [0, 0.1) is 11.3 Å². The van der Waals surface area contributed by atoms with Crippen molar-refractivity contribution in [1.29, 1.82) is 5.26 Å². The smallest absolute Gasteiger partial charge is 0.267 e. The average molecular weight is 473 g/mol. The molecule has 0 amide bonds. The predicted octanol–water partition coefficient (Wildman–Crippen LogP) is 2.32. The molecule has 5 rings (SSSR count). The Morgan fingerprint density at radius 2 is 2.06 bits per heavy atom. The van der Waals surface area contributed by atoms with Crippen molar-refractivity contribution in [2.24, 2.45) is 7.05 Å². The van der Waals surface area contributed by atoms with Crippen LogP contribution in [0.1, 0.15) is 31.1 Å². The van der Waals surface area contributed by atoms with Gasteiger partial charge in [0.2, 0.25) is 5.88 Å². The molecule has 0 N–H and O–H groups in total. The number of imidazole rings is 1. The topological polar surface area (TPSA) is 105 Å². The van der Waals surface area contributed by atoms with Gasteiger partial charge >= 0.3 is 0 Å². The number of benzene rings is 1. The molecule has 35 heavy (non-hydrogen) atoms. The van der Waals surface area contributed by atoms with Gasteiger partial charge in [-0.2, -0.15) is 5.26 Å². The van der Waals surface area contributed by atoms with Crippen LogP contribution in [0.4, 0.5) is 5.69 Å². The molecule has 0 aliphatic carbocycles. The molecule has 0 spiro atoms. The van der Waals surface area contributed by atoms with Crippen LogP contribution in [-0.2, 0) is 13.5 Å². The molecule has 10 nitrogen and oxygen atoms in total. The van der Waals surface area contributed by atoms with E-state index in [-0.39, 0.29) is 24.1 Å². The summed E-state index contributed by atoms with van der Waals surface area (Å²) in [4.78, 5) is 31.0. The minimum atomic E-state index is -0.107. The molecular formula is C25H28N8O2. The Kier molecular flexibility index (Phi) is 5.86. The van der Waals surface area contributed by atoms with Gasteiger partial charge in [-0.05, 0) is 31.5 Å². The van der Waals surface area contributed by atoms with Gasteiger partial charge < -0.3 is 9.64 Å². The SMILES string of the molecule is COc1cnc2ccc(C(C)N3CCN(c4cc(=O)n(C)n5cc(CC#N)nc45)C(C)C3)cc2n1. The summed E-state index contributed by atoms with van der Waals surface area (Å²) in [5, 5.41) is 9.09. The summed E-state index contributed by atoms with van der Waals surface area (Å²) in [6.07, 6.45) is 3.60. The van der Waals surface area contributed by atoms with Crippen molar-refractivity contribution in [1.82, 2.24) is 29.0 Å². The molecule has 1 aliphatic heterocycles. The third kappa shape index (κ3) is 4.08. The summed E-state index contributed by atoms with van der Waals surface area (Å²) in [5.74, 6) is 0.502. The molecule has 3 aromatic heterocycles. The lowest BCUT2D eigenvalue weighted by Gasteiger charge is -2.43. The number of methoxy groups -OCH3 is 1. The summed E-state index contributed by atoms with van der Waals surface area (Å²) in [6, 6.07) is 10.3. The van der Waals surface area contributed by atoms with E-state index < -0.39 is 0 Å². The lowest BCUT2D eigenvalue weighted by molar-refractivity contribution is 0.176. The van der Waals surface area contributed by atoms with E-state index in [2.05, 4.69) is 56.8 Å². The first-order chi connectivity index (χ1) is 16.9. The fourth-order valence-corrected chi connectivity index (χ4v) is 4.86. The van der Waals surface area contributed by atoms with Gasteiger partial charge in [0.15, 0.2) is 5.65 Å². The second kappa shape index (κ2) is 9.00. The number of anilines is 1. The van der Waals surface area contributed by atoms with Crippen LogP contribution < -0.4 is 15.2 Å². The highest BCUT2D eigenvalue weighted by Crippen LogP contribution is 2.29. The fourth-order valence-electron chi connectivity index (χ4n) is 4.86. The van der Waals surface area contributed by atoms with Crippen molar-refractivity contribution in [2.75, 3.05) is 31.6 Å². The lowest BCUT2D eigenvalue weighted by atomic mass is 10.0. The summed E-state index contributed by atoms with van der Waals surface area (Å²) < 4.78 is 8.50. The van der Waals surface area contributed by atoms with E-state index in [1.54, 1.807) is 37.1 Å². The number of nitrogens with zero attached hydrogens (tertiary/aromatic N) is 8. The van der Waals surface area contributed by atoms with E-state index in [9.17, 15) is 4.79 Å². The lowest BCUT2D eigenvalue weighted by Crippen LogP contribution is -2.53. The van der Waals surface area contributed by atoms with Gasteiger partial charge in [0.05, 0.1) is 54.4 Å². The van der Waals surface area contributed by atoms with Crippen LogP contribution in [0.2, 0.25) is 0 Å². The number of rotatable bonds is 5. The quantitative estimate of drug-likeness (QED) is 0.436. The zero-order chi connectivity index (χ0) is 24.7. The molecule has 1 fully saturated rings. The van der Waals surface area contributed by atoms with Crippen LogP contribution in [0.3, 0.4) is 0 Å². The molecule has 4 aromatic rings. The normalized spacial score (nSPS) is 17.6. The van der Waals surface area contributed by atoms with Gasteiger partial charge in [-0.15, -0.1) is 0 Å². The molecule has 180 valence electrons. The monoisotopic (exact) mass is 472 g/mol. The molecule has 2 unspecified atom stereocenters. The van der Waals surface area contributed by atoms with Crippen LogP contribution in [-0.4, -0.2) is 61.8 Å². The van der Waals surface area contributed by atoms with Crippen molar-refractivity contribution in [3.05, 3.63) is 58.3 Å². The molecule has 0 bridgehead atoms. The fraction of sp³-hybridized carbons (Fsp3) is 0.400. The maximum atomic E-state index is 12.7. The molecule has 1 aliphatic rings.